The highest BCUT2D eigenvalue weighted by Gasteiger charge is 2.32. The van der Waals surface area contributed by atoms with Crippen LogP contribution in [0.1, 0.15) is 44.3 Å². The predicted molar refractivity (Wildman–Crippen MR) is 50.3 cm³/mol. The molecule has 2 heteroatoms. The van der Waals surface area contributed by atoms with Gasteiger partial charge in [0.2, 0.25) is 0 Å². The van der Waals surface area contributed by atoms with Crippen molar-refractivity contribution in [3.05, 3.63) is 24.2 Å². The van der Waals surface area contributed by atoms with Crippen molar-refractivity contribution in [3.8, 4) is 0 Å². The minimum Gasteiger partial charge on any atom is -0.466 e. The molecule has 13 heavy (non-hydrogen) atoms. The Balaban J connectivity index is 2.17. The number of furan rings is 1. The zero-order valence-corrected chi connectivity index (χ0v) is 7.83. The molecule has 0 saturated heterocycles. The Hall–Kier alpha value is -0.760. The minimum absolute atomic E-state index is 0.681. The highest BCUT2D eigenvalue weighted by molar-refractivity contribution is 5.09. The summed E-state index contributed by atoms with van der Waals surface area (Å²) in [5.41, 5.74) is -0.681. The summed E-state index contributed by atoms with van der Waals surface area (Å²) < 4.78 is 5.28. The highest BCUT2D eigenvalue weighted by Crippen LogP contribution is 2.35. The van der Waals surface area contributed by atoms with Crippen molar-refractivity contribution < 1.29 is 9.52 Å². The van der Waals surface area contributed by atoms with E-state index in [0.29, 0.717) is 0 Å². The van der Waals surface area contributed by atoms with Gasteiger partial charge in [-0.2, -0.15) is 0 Å². The number of aliphatic hydroxyl groups is 1. The first kappa shape index (κ1) is 8.82. The summed E-state index contributed by atoms with van der Waals surface area (Å²) in [6.45, 7) is 0. The summed E-state index contributed by atoms with van der Waals surface area (Å²) in [7, 11) is 0. The molecule has 72 valence electrons. The van der Waals surface area contributed by atoms with Crippen LogP contribution in [-0.2, 0) is 5.60 Å². The van der Waals surface area contributed by atoms with Crippen molar-refractivity contribution in [2.75, 3.05) is 0 Å². The second-order valence-electron chi connectivity index (χ2n) is 3.92. The van der Waals surface area contributed by atoms with Crippen LogP contribution in [0.15, 0.2) is 22.8 Å². The molecule has 0 radical (unpaired) electrons. The third-order valence-corrected chi connectivity index (χ3v) is 2.91. The van der Waals surface area contributed by atoms with Crippen molar-refractivity contribution in [1.29, 1.82) is 0 Å². The van der Waals surface area contributed by atoms with Crippen LogP contribution in [0, 0.1) is 0 Å². The Labute approximate surface area is 78.6 Å². The van der Waals surface area contributed by atoms with Gasteiger partial charge >= 0.3 is 0 Å². The van der Waals surface area contributed by atoms with Gasteiger partial charge in [-0.15, -0.1) is 0 Å². The van der Waals surface area contributed by atoms with Crippen molar-refractivity contribution in [3.63, 3.8) is 0 Å². The van der Waals surface area contributed by atoms with Crippen molar-refractivity contribution in [2.24, 2.45) is 0 Å². The molecule has 1 heterocycles. The largest absolute Gasteiger partial charge is 0.466 e. The average molecular weight is 180 g/mol. The zero-order valence-electron chi connectivity index (χ0n) is 7.83. The van der Waals surface area contributed by atoms with Gasteiger partial charge in [0.15, 0.2) is 0 Å². The Morgan fingerprint density at radius 1 is 1.15 bits per heavy atom. The highest BCUT2D eigenvalue weighted by atomic mass is 16.4. The van der Waals surface area contributed by atoms with Gasteiger partial charge in [-0.25, -0.2) is 0 Å². The van der Waals surface area contributed by atoms with Crippen molar-refractivity contribution in [1.82, 2.24) is 0 Å². The Bertz CT molecular complexity index is 243. The van der Waals surface area contributed by atoms with Gasteiger partial charge in [0, 0.05) is 0 Å². The van der Waals surface area contributed by atoms with E-state index >= 15 is 0 Å². The molecule has 1 aromatic rings. The van der Waals surface area contributed by atoms with Gasteiger partial charge < -0.3 is 9.52 Å². The number of rotatable bonds is 1. The van der Waals surface area contributed by atoms with E-state index in [1.807, 2.05) is 12.1 Å². The third kappa shape index (κ3) is 1.78. The molecule has 0 bridgehead atoms. The lowest BCUT2D eigenvalue weighted by atomic mass is 9.92. The lowest BCUT2D eigenvalue weighted by Gasteiger charge is -2.23. The maximum Gasteiger partial charge on any atom is 0.135 e. The Morgan fingerprint density at radius 3 is 2.38 bits per heavy atom. The van der Waals surface area contributed by atoms with E-state index in [-0.39, 0.29) is 0 Å². The first-order valence-corrected chi connectivity index (χ1v) is 5.08. The van der Waals surface area contributed by atoms with E-state index < -0.39 is 5.60 Å². The molecule has 1 aliphatic rings. The molecule has 0 unspecified atom stereocenters. The summed E-state index contributed by atoms with van der Waals surface area (Å²) in [4.78, 5) is 0. The lowest BCUT2D eigenvalue weighted by molar-refractivity contribution is -0.000204. The monoisotopic (exact) mass is 180 g/mol. The van der Waals surface area contributed by atoms with Crippen LogP contribution < -0.4 is 0 Å². The molecule has 2 nitrogen and oxygen atoms in total. The SMILES string of the molecule is OC1(c2ccco2)CCCCCC1. The number of hydrogen-bond acceptors (Lipinski definition) is 2. The van der Waals surface area contributed by atoms with Gasteiger partial charge in [-0.3, -0.25) is 0 Å². The second-order valence-corrected chi connectivity index (χ2v) is 3.92. The summed E-state index contributed by atoms with van der Waals surface area (Å²) in [6.07, 6.45) is 8.03. The van der Waals surface area contributed by atoms with Gasteiger partial charge in [-0.1, -0.05) is 25.7 Å². The van der Waals surface area contributed by atoms with Crippen LogP contribution >= 0.6 is 0 Å². The predicted octanol–water partition coefficient (Wildman–Crippen LogP) is 2.82. The number of hydrogen-bond donors (Lipinski definition) is 1. The molecular weight excluding hydrogens is 164 g/mol. The maximum atomic E-state index is 10.3. The van der Waals surface area contributed by atoms with Gasteiger partial charge in [0.25, 0.3) is 0 Å². The second kappa shape index (κ2) is 3.54. The summed E-state index contributed by atoms with van der Waals surface area (Å²) in [6, 6.07) is 3.73. The van der Waals surface area contributed by atoms with E-state index in [1.165, 1.54) is 12.8 Å². The van der Waals surface area contributed by atoms with Crippen LogP contribution in [0.25, 0.3) is 0 Å². The van der Waals surface area contributed by atoms with E-state index in [2.05, 4.69) is 0 Å². The fourth-order valence-electron chi connectivity index (χ4n) is 2.10. The van der Waals surface area contributed by atoms with Crippen molar-refractivity contribution >= 4 is 0 Å². The van der Waals surface area contributed by atoms with Crippen LogP contribution in [0.2, 0.25) is 0 Å². The van der Waals surface area contributed by atoms with Crippen LogP contribution in [0.3, 0.4) is 0 Å². The first-order chi connectivity index (χ1) is 6.31. The molecule has 1 saturated carbocycles. The van der Waals surface area contributed by atoms with Gasteiger partial charge in [0.1, 0.15) is 11.4 Å². The third-order valence-electron chi connectivity index (χ3n) is 2.91. The maximum absolute atomic E-state index is 10.3. The molecule has 1 aliphatic carbocycles. The van der Waals surface area contributed by atoms with Crippen LogP contribution in [-0.4, -0.2) is 5.11 Å². The zero-order chi connectivity index (χ0) is 9.15. The van der Waals surface area contributed by atoms with Gasteiger partial charge in [0.05, 0.1) is 6.26 Å². The average Bonchev–Trinajstić information content (AvgIpc) is 2.57. The lowest BCUT2D eigenvalue weighted by Crippen LogP contribution is -2.23. The molecule has 0 atom stereocenters. The molecule has 0 aliphatic heterocycles. The smallest absolute Gasteiger partial charge is 0.135 e. The first-order valence-electron chi connectivity index (χ1n) is 5.08. The summed E-state index contributed by atoms with van der Waals surface area (Å²) in [5, 5.41) is 10.3. The summed E-state index contributed by atoms with van der Waals surface area (Å²) in [5.74, 6) is 0.745. The molecule has 2 rings (SSSR count). The van der Waals surface area contributed by atoms with Gasteiger partial charge in [-0.05, 0) is 25.0 Å². The van der Waals surface area contributed by atoms with E-state index in [4.69, 9.17) is 4.42 Å². The molecule has 0 spiro atoms. The molecule has 1 N–H and O–H groups in total. The van der Waals surface area contributed by atoms with Crippen LogP contribution in [0.5, 0.6) is 0 Å². The Morgan fingerprint density at radius 2 is 1.85 bits per heavy atom. The fourth-order valence-corrected chi connectivity index (χ4v) is 2.10. The molecule has 1 fully saturated rings. The molecular formula is C11H16O2. The van der Waals surface area contributed by atoms with Crippen molar-refractivity contribution in [2.45, 2.75) is 44.1 Å². The van der Waals surface area contributed by atoms with E-state index in [1.54, 1.807) is 6.26 Å². The van der Waals surface area contributed by atoms with E-state index in [0.717, 1.165) is 31.4 Å². The normalized spacial score (nSPS) is 22.5. The summed E-state index contributed by atoms with van der Waals surface area (Å²) >= 11 is 0. The molecule has 1 aromatic heterocycles. The fraction of sp³-hybridized carbons (Fsp3) is 0.636. The van der Waals surface area contributed by atoms with Crippen LogP contribution in [0.4, 0.5) is 0 Å². The standard InChI is InChI=1S/C11H16O2/c12-11(10-6-5-9-13-10)7-3-1-2-4-8-11/h5-6,9,12H,1-4,7-8H2. The molecule has 0 amide bonds. The topological polar surface area (TPSA) is 33.4 Å². The van der Waals surface area contributed by atoms with E-state index in [9.17, 15) is 5.11 Å². The Kier molecular flexibility index (Phi) is 2.40. The quantitative estimate of drug-likeness (QED) is 0.674. The minimum atomic E-state index is -0.681. The molecule has 0 aromatic carbocycles.